The Bertz CT molecular complexity index is 428. The van der Waals surface area contributed by atoms with Crippen LogP contribution in [0, 0.1) is 0 Å². The van der Waals surface area contributed by atoms with Crippen LogP contribution in [-0.2, 0) is 11.2 Å². The summed E-state index contributed by atoms with van der Waals surface area (Å²) in [6.45, 7) is 11.2. The number of hydrogen-bond acceptors (Lipinski definition) is 5. The Hall–Kier alpha value is -1.36. The Morgan fingerprint density at radius 1 is 1.25 bits per heavy atom. The molecule has 0 spiro atoms. The van der Waals surface area contributed by atoms with E-state index in [0.717, 1.165) is 44.1 Å². The average molecular weight is 278 g/mol. The first-order valence-electron chi connectivity index (χ1n) is 7.63. The lowest BCUT2D eigenvalue weighted by atomic mass is 10.1. The fourth-order valence-electron chi connectivity index (χ4n) is 2.83. The van der Waals surface area contributed by atoms with Gasteiger partial charge < -0.3 is 15.0 Å². The van der Waals surface area contributed by atoms with Gasteiger partial charge in [0.2, 0.25) is 0 Å². The molecule has 0 aromatic carbocycles. The van der Waals surface area contributed by atoms with Gasteiger partial charge in [0, 0.05) is 25.2 Å². The smallest absolute Gasteiger partial charge is 0.137 e. The van der Waals surface area contributed by atoms with Crippen molar-refractivity contribution in [3.63, 3.8) is 0 Å². The van der Waals surface area contributed by atoms with E-state index in [1.54, 1.807) is 6.33 Å². The Labute approximate surface area is 121 Å². The summed E-state index contributed by atoms with van der Waals surface area (Å²) in [5.41, 5.74) is 1.23. The summed E-state index contributed by atoms with van der Waals surface area (Å²) < 4.78 is 5.81. The van der Waals surface area contributed by atoms with Crippen LogP contribution in [-0.4, -0.2) is 41.8 Å². The lowest BCUT2D eigenvalue weighted by Gasteiger charge is -2.37. The highest BCUT2D eigenvalue weighted by molar-refractivity contribution is 5.59. The molecule has 0 bridgehead atoms. The normalized spacial score (nSPS) is 22.9. The predicted octanol–water partition coefficient (Wildman–Crippen LogP) is 2.47. The van der Waals surface area contributed by atoms with Crippen LogP contribution >= 0.6 is 0 Å². The Morgan fingerprint density at radius 2 is 1.95 bits per heavy atom. The van der Waals surface area contributed by atoms with Crippen LogP contribution in [0.25, 0.3) is 0 Å². The number of ether oxygens (including phenoxy) is 1. The fraction of sp³-hybridized carbons (Fsp3) is 0.733. The molecule has 20 heavy (non-hydrogen) atoms. The second kappa shape index (κ2) is 6.88. The maximum Gasteiger partial charge on any atom is 0.137 e. The van der Waals surface area contributed by atoms with Gasteiger partial charge in [0.1, 0.15) is 18.0 Å². The Balaban J connectivity index is 2.31. The first-order valence-corrected chi connectivity index (χ1v) is 7.63. The van der Waals surface area contributed by atoms with Crippen molar-refractivity contribution in [2.24, 2.45) is 0 Å². The summed E-state index contributed by atoms with van der Waals surface area (Å²) in [7, 11) is 0. The predicted molar refractivity (Wildman–Crippen MR) is 82.4 cm³/mol. The maximum atomic E-state index is 5.81. The van der Waals surface area contributed by atoms with E-state index in [2.05, 4.69) is 47.9 Å². The van der Waals surface area contributed by atoms with Gasteiger partial charge in [0.05, 0.1) is 12.2 Å². The molecule has 1 aliphatic rings. The zero-order chi connectivity index (χ0) is 14.5. The fourth-order valence-corrected chi connectivity index (χ4v) is 2.83. The summed E-state index contributed by atoms with van der Waals surface area (Å²) in [5, 5.41) is 3.35. The average Bonchev–Trinajstić information content (AvgIpc) is 2.40. The van der Waals surface area contributed by atoms with Crippen molar-refractivity contribution in [1.29, 1.82) is 0 Å². The first-order chi connectivity index (χ1) is 9.65. The van der Waals surface area contributed by atoms with E-state index in [0.29, 0.717) is 0 Å². The maximum absolute atomic E-state index is 5.81. The van der Waals surface area contributed by atoms with Gasteiger partial charge in [-0.2, -0.15) is 0 Å². The molecule has 5 nitrogen and oxygen atoms in total. The lowest BCUT2D eigenvalue weighted by molar-refractivity contribution is -0.00551. The second-order valence-electron chi connectivity index (χ2n) is 5.47. The number of nitrogens with zero attached hydrogens (tertiary/aromatic N) is 3. The molecule has 1 aliphatic heterocycles. The summed E-state index contributed by atoms with van der Waals surface area (Å²) in [4.78, 5) is 11.3. The molecule has 1 N–H and O–H groups in total. The molecule has 0 saturated carbocycles. The molecular formula is C15H26N4O. The lowest BCUT2D eigenvalue weighted by Crippen LogP contribution is -2.46. The topological polar surface area (TPSA) is 50.3 Å². The summed E-state index contributed by atoms with van der Waals surface area (Å²) in [6.07, 6.45) is 4.24. The number of rotatable bonds is 5. The van der Waals surface area contributed by atoms with E-state index >= 15 is 0 Å². The molecule has 5 heteroatoms. The number of hydrogen-bond donors (Lipinski definition) is 1. The van der Waals surface area contributed by atoms with Gasteiger partial charge in [-0.3, -0.25) is 0 Å². The molecule has 1 saturated heterocycles. The van der Waals surface area contributed by atoms with Crippen LogP contribution < -0.4 is 10.2 Å². The molecule has 1 fully saturated rings. The van der Waals surface area contributed by atoms with Crippen molar-refractivity contribution in [1.82, 2.24) is 9.97 Å². The van der Waals surface area contributed by atoms with Crippen molar-refractivity contribution in [3.8, 4) is 0 Å². The molecule has 1 aromatic rings. The van der Waals surface area contributed by atoms with Crippen LogP contribution in [0.2, 0.25) is 0 Å². The third kappa shape index (κ3) is 3.39. The van der Waals surface area contributed by atoms with E-state index in [9.17, 15) is 0 Å². The molecule has 0 aliphatic carbocycles. The standard InChI is InChI=1S/C15H26N4O/c1-5-7-13-14(16-6-2)17-10-18-15(13)19-8-11(3)20-12(4)9-19/h10-12H,5-9H2,1-4H3,(H,16,17,18)/t11-,12+. The molecular weight excluding hydrogens is 252 g/mol. The van der Waals surface area contributed by atoms with Gasteiger partial charge in [-0.05, 0) is 27.2 Å². The van der Waals surface area contributed by atoms with Crippen molar-refractivity contribution in [3.05, 3.63) is 11.9 Å². The first kappa shape index (κ1) is 15.0. The van der Waals surface area contributed by atoms with Gasteiger partial charge in [-0.25, -0.2) is 9.97 Å². The zero-order valence-corrected chi connectivity index (χ0v) is 13.0. The molecule has 2 atom stereocenters. The van der Waals surface area contributed by atoms with Gasteiger partial charge >= 0.3 is 0 Å². The monoisotopic (exact) mass is 278 g/mol. The quantitative estimate of drug-likeness (QED) is 0.896. The van der Waals surface area contributed by atoms with Crippen LogP contribution in [0.4, 0.5) is 11.6 Å². The third-order valence-electron chi connectivity index (χ3n) is 3.49. The summed E-state index contributed by atoms with van der Waals surface area (Å²) in [6, 6.07) is 0. The molecule has 1 aromatic heterocycles. The van der Waals surface area contributed by atoms with Crippen LogP contribution in [0.3, 0.4) is 0 Å². The number of nitrogens with one attached hydrogen (secondary N) is 1. The van der Waals surface area contributed by atoms with Crippen LogP contribution in [0.5, 0.6) is 0 Å². The van der Waals surface area contributed by atoms with Gasteiger partial charge in [0.25, 0.3) is 0 Å². The largest absolute Gasteiger partial charge is 0.372 e. The number of anilines is 2. The van der Waals surface area contributed by atoms with E-state index in [1.165, 1.54) is 5.56 Å². The van der Waals surface area contributed by atoms with Gasteiger partial charge in [-0.1, -0.05) is 13.3 Å². The van der Waals surface area contributed by atoms with Gasteiger partial charge in [-0.15, -0.1) is 0 Å². The minimum Gasteiger partial charge on any atom is -0.372 e. The Kier molecular flexibility index (Phi) is 5.17. The third-order valence-corrected chi connectivity index (χ3v) is 3.49. The van der Waals surface area contributed by atoms with Crippen molar-refractivity contribution < 1.29 is 4.74 Å². The van der Waals surface area contributed by atoms with E-state index in [4.69, 9.17) is 4.74 Å². The van der Waals surface area contributed by atoms with Crippen LogP contribution in [0.15, 0.2) is 6.33 Å². The van der Waals surface area contributed by atoms with E-state index in [1.807, 2.05) is 0 Å². The van der Waals surface area contributed by atoms with Crippen LogP contribution in [0.1, 0.15) is 39.7 Å². The molecule has 112 valence electrons. The molecule has 2 heterocycles. The summed E-state index contributed by atoms with van der Waals surface area (Å²) in [5.74, 6) is 2.05. The molecule has 0 unspecified atom stereocenters. The zero-order valence-electron chi connectivity index (χ0n) is 13.0. The second-order valence-corrected chi connectivity index (χ2v) is 5.47. The highest BCUT2D eigenvalue weighted by Crippen LogP contribution is 2.27. The molecule has 0 amide bonds. The Morgan fingerprint density at radius 3 is 2.55 bits per heavy atom. The highest BCUT2D eigenvalue weighted by atomic mass is 16.5. The molecule has 0 radical (unpaired) electrons. The minimum absolute atomic E-state index is 0.241. The minimum atomic E-state index is 0.241. The van der Waals surface area contributed by atoms with Gasteiger partial charge in [0.15, 0.2) is 0 Å². The molecule has 2 rings (SSSR count). The number of morpholine rings is 1. The summed E-state index contributed by atoms with van der Waals surface area (Å²) >= 11 is 0. The number of aromatic nitrogens is 2. The van der Waals surface area contributed by atoms with E-state index < -0.39 is 0 Å². The van der Waals surface area contributed by atoms with Crippen molar-refractivity contribution in [2.45, 2.75) is 52.7 Å². The van der Waals surface area contributed by atoms with Crippen molar-refractivity contribution in [2.75, 3.05) is 29.9 Å². The SMILES string of the molecule is CCCc1c(NCC)ncnc1N1C[C@@H](C)O[C@@H](C)C1. The van der Waals surface area contributed by atoms with E-state index in [-0.39, 0.29) is 12.2 Å². The highest BCUT2D eigenvalue weighted by Gasteiger charge is 2.25. The van der Waals surface area contributed by atoms with Crippen molar-refractivity contribution >= 4 is 11.6 Å².